The Labute approximate surface area is 159 Å². The Morgan fingerprint density at radius 1 is 1.15 bits per heavy atom. The molecule has 1 amide bonds. The van der Waals surface area contributed by atoms with Gasteiger partial charge in [-0.25, -0.2) is 4.79 Å². The predicted octanol–water partition coefficient (Wildman–Crippen LogP) is 4.28. The van der Waals surface area contributed by atoms with E-state index in [1.807, 2.05) is 25.1 Å². The molecule has 2 aromatic rings. The quantitative estimate of drug-likeness (QED) is 0.583. The number of carbonyl (C=O) groups excluding carboxylic acids is 2. The van der Waals surface area contributed by atoms with Gasteiger partial charge in [-0.1, -0.05) is 29.8 Å². The normalized spacial score (nSPS) is 11.7. The highest BCUT2D eigenvalue weighted by molar-refractivity contribution is 7.98. The molecule has 2 rings (SSSR count). The summed E-state index contributed by atoms with van der Waals surface area (Å²) in [6.07, 6.45) is -0.810. The molecule has 2 aromatic carbocycles. The van der Waals surface area contributed by atoms with Crippen molar-refractivity contribution < 1.29 is 14.3 Å². The average molecular weight is 372 g/mol. The third-order valence-corrected chi connectivity index (χ3v) is 5.14. The van der Waals surface area contributed by atoms with E-state index in [-0.39, 0.29) is 5.91 Å². The number of amides is 1. The van der Waals surface area contributed by atoms with Crippen LogP contribution < -0.4 is 5.32 Å². The van der Waals surface area contributed by atoms with Crippen molar-refractivity contribution in [1.29, 1.82) is 0 Å². The fourth-order valence-corrected chi connectivity index (χ4v) is 3.46. The van der Waals surface area contributed by atoms with E-state index in [0.29, 0.717) is 12.1 Å². The molecule has 0 fully saturated rings. The number of hydrogen-bond donors (Lipinski definition) is 1. The monoisotopic (exact) mass is 371 g/mol. The molecule has 26 heavy (non-hydrogen) atoms. The molecule has 0 aliphatic carbocycles. The van der Waals surface area contributed by atoms with Crippen molar-refractivity contribution in [2.75, 3.05) is 6.54 Å². The van der Waals surface area contributed by atoms with Crippen LogP contribution >= 0.6 is 11.8 Å². The summed E-state index contributed by atoms with van der Waals surface area (Å²) in [7, 11) is 0. The van der Waals surface area contributed by atoms with Gasteiger partial charge in [-0.3, -0.25) is 4.79 Å². The first-order chi connectivity index (χ1) is 12.4. The van der Waals surface area contributed by atoms with Crippen LogP contribution in [0.4, 0.5) is 0 Å². The zero-order valence-corrected chi connectivity index (χ0v) is 16.5. The number of nitrogens with one attached hydrogen (secondary N) is 1. The summed E-state index contributed by atoms with van der Waals surface area (Å²) < 4.78 is 5.24. The molecule has 0 unspecified atom stereocenters. The molecular weight excluding hydrogens is 346 g/mol. The second kappa shape index (κ2) is 9.43. The lowest BCUT2D eigenvalue weighted by molar-refractivity contribution is -0.128. The smallest absolute Gasteiger partial charge is 0.338 e. The van der Waals surface area contributed by atoms with E-state index in [1.165, 1.54) is 16.0 Å². The number of hydrogen-bond acceptors (Lipinski definition) is 4. The van der Waals surface area contributed by atoms with Gasteiger partial charge in [-0.05, 0) is 57.0 Å². The predicted molar refractivity (Wildman–Crippen MR) is 105 cm³/mol. The van der Waals surface area contributed by atoms with Gasteiger partial charge in [-0.15, -0.1) is 11.8 Å². The summed E-state index contributed by atoms with van der Waals surface area (Å²) in [4.78, 5) is 25.2. The van der Waals surface area contributed by atoms with Crippen LogP contribution in [0.2, 0.25) is 0 Å². The van der Waals surface area contributed by atoms with Gasteiger partial charge in [0.25, 0.3) is 5.91 Å². The summed E-state index contributed by atoms with van der Waals surface area (Å²) in [5, 5.41) is 2.64. The van der Waals surface area contributed by atoms with Gasteiger partial charge in [0.15, 0.2) is 6.10 Å². The van der Waals surface area contributed by atoms with Crippen molar-refractivity contribution in [3.05, 3.63) is 64.7 Å². The Kier molecular flexibility index (Phi) is 7.27. The Morgan fingerprint density at radius 2 is 1.92 bits per heavy atom. The molecule has 0 radical (unpaired) electrons. The summed E-state index contributed by atoms with van der Waals surface area (Å²) in [6, 6.07) is 13.7. The molecule has 5 heteroatoms. The molecule has 1 atom stereocenters. The number of likely N-dealkylation sites (N-methyl/N-ethyl adjacent to an activating group) is 1. The Hall–Kier alpha value is -2.27. The number of thioether (sulfide) groups is 1. The van der Waals surface area contributed by atoms with E-state index < -0.39 is 12.1 Å². The topological polar surface area (TPSA) is 55.4 Å². The molecule has 0 bridgehead atoms. The maximum absolute atomic E-state index is 12.3. The first-order valence-electron chi connectivity index (χ1n) is 8.68. The maximum atomic E-state index is 12.3. The van der Waals surface area contributed by atoms with Crippen molar-refractivity contribution in [3.8, 4) is 0 Å². The zero-order chi connectivity index (χ0) is 19.1. The second-order valence-electron chi connectivity index (χ2n) is 6.20. The molecule has 138 valence electrons. The van der Waals surface area contributed by atoms with Crippen molar-refractivity contribution in [1.82, 2.24) is 5.32 Å². The highest BCUT2D eigenvalue weighted by Crippen LogP contribution is 2.27. The molecule has 0 spiro atoms. The third kappa shape index (κ3) is 5.63. The van der Waals surface area contributed by atoms with Crippen LogP contribution in [0.3, 0.4) is 0 Å². The molecule has 0 aliphatic heterocycles. The summed E-state index contributed by atoms with van der Waals surface area (Å²) in [5.74, 6) is -0.0128. The van der Waals surface area contributed by atoms with Crippen LogP contribution in [0.5, 0.6) is 0 Å². The van der Waals surface area contributed by atoms with Crippen molar-refractivity contribution in [2.24, 2.45) is 0 Å². The molecule has 0 aliphatic rings. The van der Waals surface area contributed by atoms with Crippen LogP contribution in [0.25, 0.3) is 0 Å². The first kappa shape index (κ1) is 20.0. The Bertz CT molecular complexity index is 789. The van der Waals surface area contributed by atoms with E-state index in [4.69, 9.17) is 4.74 Å². The fraction of sp³-hybridized carbons (Fsp3) is 0.333. The van der Waals surface area contributed by atoms with Gasteiger partial charge in [0.05, 0.1) is 5.56 Å². The van der Waals surface area contributed by atoms with Gasteiger partial charge >= 0.3 is 5.97 Å². The van der Waals surface area contributed by atoms with Gasteiger partial charge in [-0.2, -0.15) is 0 Å². The van der Waals surface area contributed by atoms with Gasteiger partial charge in [0, 0.05) is 17.2 Å². The number of benzene rings is 2. The minimum Gasteiger partial charge on any atom is -0.449 e. The number of rotatable bonds is 7. The largest absolute Gasteiger partial charge is 0.449 e. The number of aryl methyl sites for hydroxylation is 2. The van der Waals surface area contributed by atoms with E-state index >= 15 is 0 Å². The van der Waals surface area contributed by atoms with Crippen LogP contribution in [-0.2, 0) is 15.3 Å². The van der Waals surface area contributed by atoms with Crippen molar-refractivity contribution in [2.45, 2.75) is 44.4 Å². The van der Waals surface area contributed by atoms with E-state index in [0.717, 1.165) is 11.3 Å². The van der Waals surface area contributed by atoms with Crippen LogP contribution in [0.1, 0.15) is 40.9 Å². The minimum absolute atomic E-state index is 0.289. The summed E-state index contributed by atoms with van der Waals surface area (Å²) >= 11 is 1.74. The van der Waals surface area contributed by atoms with Crippen molar-refractivity contribution >= 4 is 23.6 Å². The van der Waals surface area contributed by atoms with Crippen molar-refractivity contribution in [3.63, 3.8) is 0 Å². The molecule has 0 saturated heterocycles. The van der Waals surface area contributed by atoms with Gasteiger partial charge < -0.3 is 10.1 Å². The molecule has 1 N–H and O–H groups in total. The summed E-state index contributed by atoms with van der Waals surface area (Å²) in [6.45, 7) is 8.09. The molecular formula is C21H25NO3S. The fourth-order valence-electron chi connectivity index (χ4n) is 2.51. The highest BCUT2D eigenvalue weighted by Gasteiger charge is 2.18. The lowest BCUT2D eigenvalue weighted by atomic mass is 10.1. The first-order valence-corrected chi connectivity index (χ1v) is 9.67. The Morgan fingerprint density at radius 3 is 2.62 bits per heavy atom. The zero-order valence-electron chi connectivity index (χ0n) is 15.7. The highest BCUT2D eigenvalue weighted by atomic mass is 32.2. The molecule has 0 heterocycles. The number of esters is 1. The lowest BCUT2D eigenvalue weighted by Gasteiger charge is -2.13. The lowest BCUT2D eigenvalue weighted by Crippen LogP contribution is -2.35. The average Bonchev–Trinajstić information content (AvgIpc) is 2.61. The maximum Gasteiger partial charge on any atom is 0.338 e. The molecule has 0 saturated carbocycles. The Balaban J connectivity index is 2.00. The van der Waals surface area contributed by atoms with Gasteiger partial charge in [0.2, 0.25) is 0 Å². The van der Waals surface area contributed by atoms with Crippen LogP contribution in [0.15, 0.2) is 47.4 Å². The third-order valence-electron chi connectivity index (χ3n) is 3.89. The van der Waals surface area contributed by atoms with Crippen LogP contribution in [0, 0.1) is 13.8 Å². The van der Waals surface area contributed by atoms with Gasteiger partial charge in [0.1, 0.15) is 0 Å². The van der Waals surface area contributed by atoms with E-state index in [2.05, 4.69) is 37.4 Å². The van der Waals surface area contributed by atoms with E-state index in [9.17, 15) is 9.59 Å². The molecule has 0 aromatic heterocycles. The molecule has 4 nitrogen and oxygen atoms in total. The number of carbonyl (C=O) groups is 2. The minimum atomic E-state index is -0.810. The SMILES string of the molecule is CCNC(=O)[C@H](C)OC(=O)c1cccc(CSc2ccc(C)cc2C)c1. The van der Waals surface area contributed by atoms with Crippen LogP contribution in [-0.4, -0.2) is 24.5 Å². The second-order valence-corrected chi connectivity index (χ2v) is 7.22. The van der Waals surface area contributed by atoms with E-state index in [1.54, 1.807) is 24.8 Å². The standard InChI is InChI=1S/C21H25NO3S/c1-5-22-20(23)16(4)25-21(24)18-8-6-7-17(12-18)13-26-19-10-9-14(2)11-15(19)3/h6-12,16H,5,13H2,1-4H3,(H,22,23)/t16-/m0/s1. The number of ether oxygens (including phenoxy) is 1. The summed E-state index contributed by atoms with van der Waals surface area (Å²) in [5.41, 5.74) is 3.99.